The number of carbonyl (C=O) groups is 2. The molecule has 4 rings (SSSR count). The van der Waals surface area contributed by atoms with Crippen molar-refractivity contribution >= 4 is 39.4 Å². The summed E-state index contributed by atoms with van der Waals surface area (Å²) in [4.78, 5) is 35.2. The van der Waals surface area contributed by atoms with Crippen molar-refractivity contribution in [1.82, 2.24) is 14.9 Å². The quantitative estimate of drug-likeness (QED) is 0.587. The van der Waals surface area contributed by atoms with E-state index in [0.29, 0.717) is 23.7 Å². The number of rotatable bonds is 6. The van der Waals surface area contributed by atoms with E-state index in [1.54, 1.807) is 6.07 Å². The summed E-state index contributed by atoms with van der Waals surface area (Å²) in [6.45, 7) is 0.569. The lowest BCUT2D eigenvalue weighted by atomic mass is 9.90. The third-order valence-electron chi connectivity index (χ3n) is 5.84. The molecule has 0 radical (unpaired) electrons. The lowest BCUT2D eigenvalue weighted by Gasteiger charge is -2.35. The average Bonchev–Trinajstić information content (AvgIpc) is 3.15. The molecule has 1 fully saturated rings. The maximum atomic E-state index is 13.1. The van der Waals surface area contributed by atoms with Crippen molar-refractivity contribution in [2.24, 2.45) is 0 Å². The number of halogens is 1. The molecule has 2 N–H and O–H groups in total. The summed E-state index contributed by atoms with van der Waals surface area (Å²) in [6.07, 6.45) is 5.07. The number of anilines is 2. The number of hydrogen-bond acceptors (Lipinski definition) is 7. The van der Waals surface area contributed by atoms with E-state index >= 15 is 0 Å². The predicted octanol–water partition coefficient (Wildman–Crippen LogP) is 3.07. The highest BCUT2D eigenvalue weighted by molar-refractivity contribution is 9.09. The molecule has 1 aromatic heterocycles. The van der Waals surface area contributed by atoms with Crippen LogP contribution in [0.15, 0.2) is 24.4 Å². The van der Waals surface area contributed by atoms with Crippen LogP contribution >= 0.6 is 15.9 Å². The minimum Gasteiger partial charge on any atom is -0.480 e. The molecule has 10 heteroatoms. The molecule has 9 nitrogen and oxygen atoms in total. The number of benzene rings is 1. The van der Waals surface area contributed by atoms with Gasteiger partial charge in [-0.05, 0) is 43.4 Å². The fourth-order valence-corrected chi connectivity index (χ4v) is 4.46. The number of aromatic nitrogens is 2. The SMILES string of the molecule is COc1nc(N[C@@H]2CCC[C@H](N3Cc4ccc(NC(=O)CBr)cc4C3=O)C2)ncc1C#N. The van der Waals surface area contributed by atoms with Gasteiger partial charge in [0.1, 0.15) is 11.6 Å². The Hall–Kier alpha value is -3.19. The zero-order valence-corrected chi connectivity index (χ0v) is 19.2. The van der Waals surface area contributed by atoms with Gasteiger partial charge in [-0.15, -0.1) is 0 Å². The first kappa shape index (κ1) is 22.0. The van der Waals surface area contributed by atoms with E-state index in [-0.39, 0.29) is 40.7 Å². The maximum Gasteiger partial charge on any atom is 0.254 e. The second-order valence-electron chi connectivity index (χ2n) is 7.88. The molecular weight excluding hydrogens is 476 g/mol. The van der Waals surface area contributed by atoms with Gasteiger partial charge < -0.3 is 20.3 Å². The highest BCUT2D eigenvalue weighted by Crippen LogP contribution is 2.33. The third-order valence-corrected chi connectivity index (χ3v) is 6.34. The van der Waals surface area contributed by atoms with Gasteiger partial charge in [-0.25, -0.2) is 4.98 Å². The highest BCUT2D eigenvalue weighted by Gasteiger charge is 2.35. The van der Waals surface area contributed by atoms with Gasteiger partial charge in [0.25, 0.3) is 5.91 Å². The standard InChI is InChI=1S/C22H23BrN6O3/c1-32-20-14(10-24)11-25-22(28-20)27-15-3-2-4-17(7-15)29-12-13-5-6-16(26-19(30)9-23)8-18(13)21(29)31/h5-6,8,11,15,17H,2-4,7,9,12H2,1H3,(H,26,30)(H,25,27,28)/t15-,17+/m1/s1. The fraction of sp³-hybridized carbons (Fsp3) is 0.409. The van der Waals surface area contributed by atoms with Gasteiger partial charge in [0.2, 0.25) is 17.7 Å². The summed E-state index contributed by atoms with van der Waals surface area (Å²) in [5, 5.41) is 15.4. The highest BCUT2D eigenvalue weighted by atomic mass is 79.9. The van der Waals surface area contributed by atoms with E-state index in [0.717, 1.165) is 31.2 Å². The monoisotopic (exact) mass is 498 g/mol. The molecule has 1 aromatic carbocycles. The van der Waals surface area contributed by atoms with Crippen molar-refractivity contribution in [3.05, 3.63) is 41.1 Å². The second-order valence-corrected chi connectivity index (χ2v) is 8.44. The van der Waals surface area contributed by atoms with Crippen LogP contribution < -0.4 is 15.4 Å². The molecule has 1 aliphatic carbocycles. The number of fused-ring (bicyclic) bond motifs is 1. The number of methoxy groups -OCH3 is 1. The molecule has 2 heterocycles. The number of carbonyl (C=O) groups excluding carboxylic acids is 2. The molecule has 166 valence electrons. The van der Waals surface area contributed by atoms with Gasteiger partial charge in [-0.1, -0.05) is 22.0 Å². The average molecular weight is 499 g/mol. The molecule has 0 bridgehead atoms. The van der Waals surface area contributed by atoms with E-state index < -0.39 is 0 Å². The number of nitriles is 1. The summed E-state index contributed by atoms with van der Waals surface area (Å²) in [7, 11) is 1.47. The number of amides is 2. The molecule has 2 aliphatic rings. The van der Waals surface area contributed by atoms with Crippen LogP contribution in [0.2, 0.25) is 0 Å². The molecule has 2 amide bonds. The van der Waals surface area contributed by atoms with Crippen molar-refractivity contribution in [1.29, 1.82) is 5.26 Å². The normalized spacial score (nSPS) is 19.8. The minimum atomic E-state index is -0.157. The van der Waals surface area contributed by atoms with Crippen LogP contribution in [0.3, 0.4) is 0 Å². The van der Waals surface area contributed by atoms with Crippen molar-refractivity contribution < 1.29 is 14.3 Å². The number of ether oxygens (including phenoxy) is 1. The van der Waals surface area contributed by atoms with Gasteiger partial charge in [0.15, 0.2) is 0 Å². The molecule has 0 saturated heterocycles. The summed E-state index contributed by atoms with van der Waals surface area (Å²) >= 11 is 3.13. The number of alkyl halides is 1. The molecule has 0 spiro atoms. The van der Waals surface area contributed by atoms with Crippen LogP contribution in [0.1, 0.15) is 47.2 Å². The molecule has 1 saturated carbocycles. The van der Waals surface area contributed by atoms with Gasteiger partial charge >= 0.3 is 0 Å². The summed E-state index contributed by atoms with van der Waals surface area (Å²) in [5.41, 5.74) is 2.53. The first-order valence-electron chi connectivity index (χ1n) is 10.4. The smallest absolute Gasteiger partial charge is 0.254 e. The zero-order chi connectivity index (χ0) is 22.7. The topological polar surface area (TPSA) is 120 Å². The van der Waals surface area contributed by atoms with E-state index in [2.05, 4.69) is 36.5 Å². The van der Waals surface area contributed by atoms with Gasteiger partial charge in [0, 0.05) is 29.9 Å². The Labute approximate surface area is 194 Å². The first-order chi connectivity index (χ1) is 15.5. The zero-order valence-electron chi connectivity index (χ0n) is 17.6. The lowest BCUT2D eigenvalue weighted by molar-refractivity contribution is -0.113. The molecule has 1 aliphatic heterocycles. The Morgan fingerprint density at radius 3 is 3.00 bits per heavy atom. The molecule has 2 aromatic rings. The predicted molar refractivity (Wildman–Crippen MR) is 122 cm³/mol. The van der Waals surface area contributed by atoms with Gasteiger partial charge in [-0.2, -0.15) is 10.2 Å². The Balaban J connectivity index is 1.44. The third kappa shape index (κ3) is 4.53. The van der Waals surface area contributed by atoms with Crippen LogP contribution in [0.25, 0.3) is 0 Å². The van der Waals surface area contributed by atoms with Crippen molar-refractivity contribution in [2.75, 3.05) is 23.1 Å². The van der Waals surface area contributed by atoms with Gasteiger partial charge in [0.05, 0.1) is 18.6 Å². The van der Waals surface area contributed by atoms with E-state index in [9.17, 15) is 9.59 Å². The lowest BCUT2D eigenvalue weighted by Crippen LogP contribution is -2.42. The van der Waals surface area contributed by atoms with Crippen molar-refractivity contribution in [2.45, 2.75) is 44.3 Å². The maximum absolute atomic E-state index is 13.1. The minimum absolute atomic E-state index is 0.00289. The summed E-state index contributed by atoms with van der Waals surface area (Å²) < 4.78 is 5.16. The van der Waals surface area contributed by atoms with Crippen molar-refractivity contribution in [3.63, 3.8) is 0 Å². The Morgan fingerprint density at radius 2 is 2.25 bits per heavy atom. The van der Waals surface area contributed by atoms with Gasteiger partial charge in [-0.3, -0.25) is 9.59 Å². The van der Waals surface area contributed by atoms with Crippen LogP contribution in [-0.4, -0.2) is 51.2 Å². The number of nitrogens with one attached hydrogen (secondary N) is 2. The molecule has 2 atom stereocenters. The molecular formula is C22H23BrN6O3. The Morgan fingerprint density at radius 1 is 1.41 bits per heavy atom. The largest absolute Gasteiger partial charge is 0.480 e. The number of nitrogens with zero attached hydrogens (tertiary/aromatic N) is 4. The number of hydrogen-bond donors (Lipinski definition) is 2. The Kier molecular flexibility index (Phi) is 6.55. The van der Waals surface area contributed by atoms with Crippen LogP contribution in [0, 0.1) is 11.3 Å². The van der Waals surface area contributed by atoms with Crippen LogP contribution in [0.5, 0.6) is 5.88 Å². The van der Waals surface area contributed by atoms with E-state index in [1.807, 2.05) is 23.1 Å². The molecule has 32 heavy (non-hydrogen) atoms. The Bertz CT molecular complexity index is 1090. The molecule has 0 unspecified atom stereocenters. The summed E-state index contributed by atoms with van der Waals surface area (Å²) in [6, 6.07) is 7.71. The fourth-order valence-electron chi connectivity index (χ4n) is 4.32. The van der Waals surface area contributed by atoms with E-state index in [1.165, 1.54) is 13.3 Å². The first-order valence-corrected chi connectivity index (χ1v) is 11.5. The summed E-state index contributed by atoms with van der Waals surface area (Å²) in [5.74, 6) is 0.493. The van der Waals surface area contributed by atoms with Crippen molar-refractivity contribution in [3.8, 4) is 11.9 Å². The van der Waals surface area contributed by atoms with Crippen LogP contribution in [-0.2, 0) is 11.3 Å². The second kappa shape index (κ2) is 9.53. The van der Waals surface area contributed by atoms with Crippen LogP contribution in [0.4, 0.5) is 11.6 Å². The van der Waals surface area contributed by atoms with E-state index in [4.69, 9.17) is 10.00 Å².